The smallest absolute Gasteiger partial charge is 0.440 e. The lowest BCUT2D eigenvalue weighted by atomic mass is 9.93. The molecular formula is C19H19F3N2O5S. The molecule has 0 spiro atoms. The number of ether oxygens (including phenoxy) is 2. The Hall–Kier alpha value is -2.79. The monoisotopic (exact) mass is 444 g/mol. The van der Waals surface area contributed by atoms with Gasteiger partial charge in [-0.3, -0.25) is 0 Å². The van der Waals surface area contributed by atoms with E-state index >= 15 is 0 Å². The van der Waals surface area contributed by atoms with Crippen LogP contribution in [0.4, 0.5) is 13.2 Å². The summed E-state index contributed by atoms with van der Waals surface area (Å²) in [5.41, 5.74) is -0.341. The molecule has 0 N–H and O–H groups in total. The van der Waals surface area contributed by atoms with Crippen molar-refractivity contribution in [1.29, 1.82) is 0 Å². The molecule has 0 saturated carbocycles. The number of oxime groups is 1. The molecule has 0 unspecified atom stereocenters. The normalized spacial score (nSPS) is 19.4. The summed E-state index contributed by atoms with van der Waals surface area (Å²) in [5.74, 6) is 0.280. The molecule has 1 aliphatic rings. The van der Waals surface area contributed by atoms with Crippen molar-refractivity contribution >= 4 is 15.9 Å². The van der Waals surface area contributed by atoms with Crippen LogP contribution in [-0.4, -0.2) is 39.1 Å². The first-order chi connectivity index (χ1) is 13.9. The van der Waals surface area contributed by atoms with Gasteiger partial charge in [0.05, 0.1) is 11.3 Å². The maximum atomic E-state index is 12.3. The Morgan fingerprint density at radius 3 is 2.13 bits per heavy atom. The van der Waals surface area contributed by atoms with Crippen LogP contribution in [0.1, 0.15) is 18.9 Å². The maximum Gasteiger partial charge on any atom is 0.573 e. The van der Waals surface area contributed by atoms with Gasteiger partial charge in [0.25, 0.3) is 0 Å². The Kier molecular flexibility index (Phi) is 5.70. The number of halogens is 3. The molecule has 0 amide bonds. The molecule has 1 aliphatic heterocycles. The van der Waals surface area contributed by atoms with Crippen LogP contribution < -0.4 is 9.47 Å². The van der Waals surface area contributed by atoms with E-state index in [0.29, 0.717) is 11.3 Å². The zero-order chi connectivity index (χ0) is 22.2. The molecule has 1 heterocycles. The van der Waals surface area contributed by atoms with E-state index in [1.165, 1.54) is 62.6 Å². The van der Waals surface area contributed by atoms with Gasteiger partial charge in [0.1, 0.15) is 11.5 Å². The summed E-state index contributed by atoms with van der Waals surface area (Å²) < 4.78 is 71.7. The molecule has 0 aromatic heterocycles. The lowest BCUT2D eigenvalue weighted by molar-refractivity contribution is -0.274. The Bertz CT molecular complexity index is 1040. The topological polar surface area (TPSA) is 77.4 Å². The minimum Gasteiger partial charge on any atom is -0.440 e. The highest BCUT2D eigenvalue weighted by molar-refractivity contribution is 7.89. The van der Waals surface area contributed by atoms with Crippen molar-refractivity contribution < 1.29 is 35.9 Å². The summed E-state index contributed by atoms with van der Waals surface area (Å²) in [6.07, 6.45) is -4.54. The van der Waals surface area contributed by atoms with Crippen molar-refractivity contribution in [2.45, 2.75) is 30.2 Å². The molecule has 0 saturated heterocycles. The second kappa shape index (κ2) is 7.80. The quantitative estimate of drug-likeness (QED) is 0.700. The van der Waals surface area contributed by atoms with Crippen LogP contribution in [0, 0.1) is 0 Å². The average molecular weight is 444 g/mol. The van der Waals surface area contributed by atoms with Gasteiger partial charge < -0.3 is 14.3 Å². The fraction of sp³-hybridized carbons (Fsp3) is 0.316. The van der Waals surface area contributed by atoms with E-state index in [0.717, 1.165) is 4.31 Å². The zero-order valence-electron chi connectivity index (χ0n) is 16.3. The molecule has 30 heavy (non-hydrogen) atoms. The Morgan fingerprint density at radius 2 is 1.60 bits per heavy atom. The molecule has 0 bridgehead atoms. The number of hydrogen-bond acceptors (Lipinski definition) is 6. The molecule has 162 valence electrons. The van der Waals surface area contributed by atoms with Crippen LogP contribution in [0.3, 0.4) is 0 Å². The minimum absolute atomic E-state index is 0.121. The summed E-state index contributed by atoms with van der Waals surface area (Å²) >= 11 is 0. The highest BCUT2D eigenvalue weighted by Crippen LogP contribution is 2.36. The van der Waals surface area contributed by atoms with Crippen LogP contribution in [0.25, 0.3) is 0 Å². The van der Waals surface area contributed by atoms with Crippen molar-refractivity contribution in [3.8, 4) is 11.5 Å². The number of rotatable bonds is 5. The first kappa shape index (κ1) is 21.9. The standard InChI is InChI=1S/C19H19F3N2O5S/c1-18(13-4-6-15(7-5-13)28-19(20,21)22)12-17(23-29-18)27-14-8-10-16(11-9-14)30(25,26)24(2)3/h4-11H,12H2,1-3H3/t18-/m0/s1. The van der Waals surface area contributed by atoms with Crippen molar-refractivity contribution in [2.24, 2.45) is 5.16 Å². The van der Waals surface area contributed by atoms with E-state index in [-0.39, 0.29) is 23.0 Å². The van der Waals surface area contributed by atoms with Gasteiger partial charge in [-0.25, -0.2) is 12.7 Å². The van der Waals surface area contributed by atoms with E-state index in [4.69, 9.17) is 9.57 Å². The molecule has 2 aromatic carbocycles. The first-order valence-corrected chi connectivity index (χ1v) is 10.1. The minimum atomic E-state index is -4.76. The summed E-state index contributed by atoms with van der Waals surface area (Å²) in [4.78, 5) is 5.58. The number of nitrogens with zero attached hydrogens (tertiary/aromatic N) is 2. The lowest BCUT2D eigenvalue weighted by Crippen LogP contribution is -2.23. The third-order valence-corrected chi connectivity index (χ3v) is 6.20. The molecule has 0 fully saturated rings. The number of alkyl halides is 3. The van der Waals surface area contributed by atoms with Gasteiger partial charge in [-0.05, 0) is 48.9 Å². The third kappa shape index (κ3) is 4.85. The van der Waals surface area contributed by atoms with E-state index < -0.39 is 22.0 Å². The predicted octanol–water partition coefficient (Wildman–Crippen LogP) is 3.86. The van der Waals surface area contributed by atoms with Gasteiger partial charge in [-0.1, -0.05) is 17.3 Å². The molecule has 0 aliphatic carbocycles. The summed E-state index contributed by atoms with van der Waals surface area (Å²) in [7, 11) is -0.673. The number of hydrogen-bond donors (Lipinski definition) is 0. The second-order valence-electron chi connectivity index (χ2n) is 6.92. The molecule has 2 aromatic rings. The lowest BCUT2D eigenvalue weighted by Gasteiger charge is -2.21. The van der Waals surface area contributed by atoms with Gasteiger partial charge in [0, 0.05) is 14.1 Å². The fourth-order valence-electron chi connectivity index (χ4n) is 2.75. The molecule has 7 nitrogen and oxygen atoms in total. The van der Waals surface area contributed by atoms with E-state index in [9.17, 15) is 21.6 Å². The highest BCUT2D eigenvalue weighted by Gasteiger charge is 2.38. The highest BCUT2D eigenvalue weighted by atomic mass is 32.2. The summed E-state index contributed by atoms with van der Waals surface area (Å²) in [5, 5.41) is 3.90. The Balaban J connectivity index is 1.66. The molecule has 3 rings (SSSR count). The average Bonchev–Trinajstić information content (AvgIpc) is 3.03. The first-order valence-electron chi connectivity index (χ1n) is 8.71. The van der Waals surface area contributed by atoms with E-state index in [1.807, 2.05) is 0 Å². The zero-order valence-corrected chi connectivity index (χ0v) is 17.1. The predicted molar refractivity (Wildman–Crippen MR) is 102 cm³/mol. The fourth-order valence-corrected chi connectivity index (χ4v) is 3.65. The van der Waals surface area contributed by atoms with Gasteiger partial charge in [-0.15, -0.1) is 13.2 Å². The number of sulfonamides is 1. The maximum absolute atomic E-state index is 12.3. The van der Waals surface area contributed by atoms with Crippen molar-refractivity contribution in [3.05, 3.63) is 54.1 Å². The Morgan fingerprint density at radius 1 is 1.03 bits per heavy atom. The van der Waals surface area contributed by atoms with Crippen molar-refractivity contribution in [2.75, 3.05) is 14.1 Å². The van der Waals surface area contributed by atoms with Crippen LogP contribution in [-0.2, 0) is 20.5 Å². The van der Waals surface area contributed by atoms with Crippen molar-refractivity contribution in [1.82, 2.24) is 4.31 Å². The molecule has 11 heteroatoms. The van der Waals surface area contributed by atoms with Gasteiger partial charge in [-0.2, -0.15) is 0 Å². The summed E-state index contributed by atoms with van der Waals surface area (Å²) in [6.45, 7) is 1.72. The van der Waals surface area contributed by atoms with Gasteiger partial charge >= 0.3 is 6.36 Å². The van der Waals surface area contributed by atoms with E-state index in [2.05, 4.69) is 9.89 Å². The number of benzene rings is 2. The second-order valence-corrected chi connectivity index (χ2v) is 9.07. The third-order valence-electron chi connectivity index (χ3n) is 4.37. The summed E-state index contributed by atoms with van der Waals surface area (Å²) in [6, 6.07) is 11.1. The van der Waals surface area contributed by atoms with Crippen molar-refractivity contribution in [3.63, 3.8) is 0 Å². The van der Waals surface area contributed by atoms with Crippen LogP contribution in [0.15, 0.2) is 58.6 Å². The van der Waals surface area contributed by atoms with Crippen LogP contribution in [0.2, 0.25) is 0 Å². The SMILES string of the molecule is CN(C)S(=O)(=O)c1ccc(OC2=NO[C@](C)(c3ccc(OC(F)(F)F)cc3)C2)cc1. The Labute approximate surface area is 171 Å². The van der Waals surface area contributed by atoms with Gasteiger partial charge in [0.15, 0.2) is 5.60 Å². The molecule has 0 radical (unpaired) electrons. The largest absolute Gasteiger partial charge is 0.573 e. The van der Waals surface area contributed by atoms with Gasteiger partial charge in [0.2, 0.25) is 15.9 Å². The molecular weight excluding hydrogens is 425 g/mol. The molecule has 1 atom stereocenters. The van der Waals surface area contributed by atoms with Crippen LogP contribution in [0.5, 0.6) is 11.5 Å². The van der Waals surface area contributed by atoms with Crippen LogP contribution >= 0.6 is 0 Å². The van der Waals surface area contributed by atoms with E-state index in [1.54, 1.807) is 6.92 Å².